The Morgan fingerprint density at radius 1 is 1.14 bits per heavy atom. The molecule has 1 aliphatic rings. The highest BCUT2D eigenvalue weighted by atomic mass is 32.2. The van der Waals surface area contributed by atoms with Gasteiger partial charge in [-0.1, -0.05) is 13.8 Å². The monoisotopic (exact) mass is 333 g/mol. The van der Waals surface area contributed by atoms with Gasteiger partial charge >= 0.3 is 0 Å². The topological polar surface area (TPSA) is 94.1 Å². The Morgan fingerprint density at radius 2 is 1.68 bits per heavy atom. The highest BCUT2D eigenvalue weighted by molar-refractivity contribution is 7.88. The molecule has 1 heterocycles. The Bertz CT molecular complexity index is 496. The maximum atomic E-state index is 11.9. The molecule has 0 unspecified atom stereocenters. The molecule has 0 aromatic heterocycles. The van der Waals surface area contributed by atoms with Crippen molar-refractivity contribution in [2.24, 2.45) is 10.9 Å². The van der Waals surface area contributed by atoms with Gasteiger partial charge in [-0.2, -0.15) is 0 Å². The second-order valence-corrected chi connectivity index (χ2v) is 7.44. The summed E-state index contributed by atoms with van der Waals surface area (Å²) in [5.74, 6) is 0.929. The summed E-state index contributed by atoms with van der Waals surface area (Å²) in [5.41, 5.74) is 0. The van der Waals surface area contributed by atoms with E-state index in [0.717, 1.165) is 25.3 Å². The summed E-state index contributed by atoms with van der Waals surface area (Å²) in [4.78, 5) is 20.1. The molecular weight excluding hydrogens is 306 g/mol. The van der Waals surface area contributed by atoms with Crippen LogP contribution in [0.2, 0.25) is 0 Å². The van der Waals surface area contributed by atoms with Gasteiger partial charge in [0.25, 0.3) is 0 Å². The summed E-state index contributed by atoms with van der Waals surface area (Å²) in [6.07, 6.45) is 1.13. The lowest BCUT2D eigenvalue weighted by Crippen LogP contribution is -2.55. The van der Waals surface area contributed by atoms with E-state index in [9.17, 15) is 13.2 Å². The minimum atomic E-state index is -3.17. The lowest BCUT2D eigenvalue weighted by molar-refractivity contribution is -0.135. The zero-order valence-electron chi connectivity index (χ0n) is 13.8. The zero-order valence-corrected chi connectivity index (χ0v) is 14.6. The van der Waals surface area contributed by atoms with Gasteiger partial charge in [0.1, 0.15) is 0 Å². The van der Waals surface area contributed by atoms with E-state index in [1.165, 1.54) is 0 Å². The van der Waals surface area contributed by atoms with E-state index < -0.39 is 10.0 Å². The van der Waals surface area contributed by atoms with Crippen molar-refractivity contribution in [1.82, 2.24) is 19.8 Å². The Morgan fingerprint density at radius 3 is 2.14 bits per heavy atom. The first kappa shape index (κ1) is 18.7. The van der Waals surface area contributed by atoms with E-state index in [-0.39, 0.29) is 11.8 Å². The third kappa shape index (κ3) is 6.18. The van der Waals surface area contributed by atoms with Crippen molar-refractivity contribution in [1.29, 1.82) is 0 Å². The third-order valence-electron chi connectivity index (χ3n) is 3.37. The zero-order chi connectivity index (χ0) is 16.8. The molecule has 1 fully saturated rings. The Hall–Kier alpha value is -1.35. The molecule has 0 aliphatic carbocycles. The van der Waals surface area contributed by atoms with Gasteiger partial charge in [0.2, 0.25) is 15.9 Å². The van der Waals surface area contributed by atoms with Crippen molar-refractivity contribution >= 4 is 21.9 Å². The molecule has 22 heavy (non-hydrogen) atoms. The maximum absolute atomic E-state index is 11.9. The Kier molecular flexibility index (Phi) is 7.08. The standard InChI is InChI=1S/C13H27N5O3S/c1-11(2)12(19)17-7-9-18(10-8-17)13(14-3)15-5-6-16-22(4,20)21/h11,16H,5-10H2,1-4H3,(H,14,15). The average Bonchev–Trinajstić information content (AvgIpc) is 2.45. The molecule has 0 spiro atoms. The fraction of sp³-hybridized carbons (Fsp3) is 0.846. The number of piperazine rings is 1. The third-order valence-corrected chi connectivity index (χ3v) is 4.10. The van der Waals surface area contributed by atoms with E-state index in [2.05, 4.69) is 19.9 Å². The molecule has 9 heteroatoms. The van der Waals surface area contributed by atoms with Crippen LogP contribution in [-0.4, -0.2) is 82.7 Å². The van der Waals surface area contributed by atoms with E-state index in [1.807, 2.05) is 18.7 Å². The predicted molar refractivity (Wildman–Crippen MR) is 87.2 cm³/mol. The number of carbonyl (C=O) groups is 1. The van der Waals surface area contributed by atoms with E-state index in [4.69, 9.17) is 0 Å². The molecule has 0 atom stereocenters. The quantitative estimate of drug-likeness (QED) is 0.379. The van der Waals surface area contributed by atoms with Crippen LogP contribution in [0.5, 0.6) is 0 Å². The van der Waals surface area contributed by atoms with Crippen LogP contribution in [0.1, 0.15) is 13.8 Å². The summed E-state index contributed by atoms with van der Waals surface area (Å²) < 4.78 is 24.4. The molecule has 0 bridgehead atoms. The minimum absolute atomic E-state index is 0.0195. The summed E-state index contributed by atoms with van der Waals surface area (Å²) in [5, 5.41) is 3.12. The van der Waals surface area contributed by atoms with Crippen LogP contribution < -0.4 is 10.0 Å². The van der Waals surface area contributed by atoms with Gasteiger partial charge in [0.15, 0.2) is 5.96 Å². The molecule has 1 amide bonds. The number of aliphatic imine (C=N–C) groups is 1. The van der Waals surface area contributed by atoms with Crippen molar-refractivity contribution in [3.05, 3.63) is 0 Å². The van der Waals surface area contributed by atoms with Crippen molar-refractivity contribution < 1.29 is 13.2 Å². The summed E-state index contributed by atoms with van der Waals surface area (Å²) in [6.45, 7) is 7.39. The summed E-state index contributed by atoms with van der Waals surface area (Å²) in [7, 11) is -1.47. The molecule has 1 rings (SSSR count). The van der Waals surface area contributed by atoms with Crippen LogP contribution >= 0.6 is 0 Å². The number of rotatable bonds is 5. The average molecular weight is 333 g/mol. The number of amides is 1. The molecule has 8 nitrogen and oxygen atoms in total. The lowest BCUT2D eigenvalue weighted by Gasteiger charge is -2.37. The first-order valence-corrected chi connectivity index (χ1v) is 9.32. The smallest absolute Gasteiger partial charge is 0.225 e. The lowest BCUT2D eigenvalue weighted by atomic mass is 10.1. The SMILES string of the molecule is CN=C(NCCNS(C)(=O)=O)N1CCN(C(=O)C(C)C)CC1. The van der Waals surface area contributed by atoms with Gasteiger partial charge in [-0.3, -0.25) is 9.79 Å². The van der Waals surface area contributed by atoms with Gasteiger partial charge in [-0.25, -0.2) is 13.1 Å². The number of sulfonamides is 1. The number of carbonyl (C=O) groups excluding carboxylic acids is 1. The molecule has 128 valence electrons. The van der Waals surface area contributed by atoms with Crippen LogP contribution in [0, 0.1) is 5.92 Å². The molecule has 2 N–H and O–H groups in total. The van der Waals surface area contributed by atoms with Crippen LogP contribution in [0.4, 0.5) is 0 Å². The van der Waals surface area contributed by atoms with Crippen molar-refractivity contribution in [2.75, 3.05) is 52.6 Å². The Balaban J connectivity index is 2.39. The molecule has 0 saturated carbocycles. The predicted octanol–water partition coefficient (Wildman–Crippen LogP) is -1.09. The highest BCUT2D eigenvalue weighted by Crippen LogP contribution is 2.07. The fourth-order valence-corrected chi connectivity index (χ4v) is 2.72. The molecular formula is C13H27N5O3S. The van der Waals surface area contributed by atoms with Crippen molar-refractivity contribution in [2.45, 2.75) is 13.8 Å². The van der Waals surface area contributed by atoms with E-state index in [1.54, 1.807) is 7.05 Å². The van der Waals surface area contributed by atoms with Crippen molar-refractivity contribution in [3.63, 3.8) is 0 Å². The van der Waals surface area contributed by atoms with Crippen LogP contribution in [0.3, 0.4) is 0 Å². The van der Waals surface area contributed by atoms with Crippen LogP contribution in [0.25, 0.3) is 0 Å². The highest BCUT2D eigenvalue weighted by Gasteiger charge is 2.24. The largest absolute Gasteiger partial charge is 0.355 e. The Labute approximate surface area is 133 Å². The van der Waals surface area contributed by atoms with Gasteiger partial charge in [0, 0.05) is 52.2 Å². The summed E-state index contributed by atoms with van der Waals surface area (Å²) >= 11 is 0. The number of nitrogens with zero attached hydrogens (tertiary/aromatic N) is 3. The maximum Gasteiger partial charge on any atom is 0.225 e. The molecule has 0 aromatic rings. The first-order chi connectivity index (χ1) is 10.2. The van der Waals surface area contributed by atoms with E-state index in [0.29, 0.717) is 26.2 Å². The number of guanidine groups is 1. The molecule has 1 aliphatic heterocycles. The number of hydrogen-bond acceptors (Lipinski definition) is 4. The molecule has 0 aromatic carbocycles. The number of nitrogens with one attached hydrogen (secondary N) is 2. The number of hydrogen-bond donors (Lipinski definition) is 2. The van der Waals surface area contributed by atoms with Gasteiger partial charge in [0.05, 0.1) is 6.26 Å². The minimum Gasteiger partial charge on any atom is -0.355 e. The van der Waals surface area contributed by atoms with Crippen molar-refractivity contribution in [3.8, 4) is 0 Å². The van der Waals surface area contributed by atoms with Gasteiger partial charge in [-0.05, 0) is 0 Å². The normalized spacial score (nSPS) is 17.0. The second kappa shape index (κ2) is 8.33. The fourth-order valence-electron chi connectivity index (χ4n) is 2.25. The second-order valence-electron chi connectivity index (χ2n) is 5.61. The van der Waals surface area contributed by atoms with Gasteiger partial charge < -0.3 is 15.1 Å². The first-order valence-electron chi connectivity index (χ1n) is 7.43. The molecule has 0 radical (unpaired) electrons. The van der Waals surface area contributed by atoms with Gasteiger partial charge in [-0.15, -0.1) is 0 Å². The van der Waals surface area contributed by atoms with Crippen LogP contribution in [-0.2, 0) is 14.8 Å². The van der Waals surface area contributed by atoms with E-state index >= 15 is 0 Å². The molecule has 1 saturated heterocycles. The van der Waals surface area contributed by atoms with Crippen LogP contribution in [0.15, 0.2) is 4.99 Å². The summed E-state index contributed by atoms with van der Waals surface area (Å²) in [6, 6.07) is 0.